The Morgan fingerprint density at radius 3 is 2.21 bits per heavy atom. The normalized spacial score (nSPS) is 13.2. The fourth-order valence-corrected chi connectivity index (χ4v) is 3.52. The number of hydrogen-bond donors (Lipinski definition) is 2. The van der Waals surface area contributed by atoms with Crippen LogP contribution < -0.4 is 15.5 Å². The van der Waals surface area contributed by atoms with Gasteiger partial charge in [0.25, 0.3) is 17.7 Å². The number of nitrogens with zero attached hydrogens (tertiary/aromatic N) is 1. The first-order chi connectivity index (χ1) is 16.4. The molecule has 0 atom stereocenters. The molecule has 0 aromatic heterocycles. The minimum absolute atomic E-state index is 0.114. The summed E-state index contributed by atoms with van der Waals surface area (Å²) < 4.78 is 4.68. The molecular formula is C25H18ClN3O5. The van der Waals surface area contributed by atoms with Gasteiger partial charge >= 0.3 is 5.97 Å². The monoisotopic (exact) mass is 475 g/mol. The molecule has 2 N–H and O–H groups in total. The Labute approximate surface area is 199 Å². The number of carbonyl (C=O) groups excluding carboxylic acids is 4. The zero-order chi connectivity index (χ0) is 24.2. The number of carbonyl (C=O) groups is 4. The molecule has 8 nitrogen and oxygen atoms in total. The van der Waals surface area contributed by atoms with Crippen LogP contribution in [0.1, 0.15) is 20.7 Å². The standard InChI is InChI=1S/C25H18ClN3O5/c1-34-25(33)16-6-5-9-19(14-16)29-23(31)20(26)21(24(29)32)27-18-12-10-15(11-13-18)22(30)28-17-7-3-2-4-8-17/h2-14,27H,1H3,(H,28,30). The first-order valence-electron chi connectivity index (χ1n) is 10.1. The van der Waals surface area contributed by atoms with Gasteiger partial charge in [-0.3, -0.25) is 14.4 Å². The van der Waals surface area contributed by atoms with E-state index in [2.05, 4.69) is 15.4 Å². The Morgan fingerprint density at radius 1 is 0.824 bits per heavy atom. The lowest BCUT2D eigenvalue weighted by Gasteiger charge is -2.16. The molecule has 1 aliphatic rings. The zero-order valence-corrected chi connectivity index (χ0v) is 18.6. The Balaban J connectivity index is 1.50. The van der Waals surface area contributed by atoms with Gasteiger partial charge in [0, 0.05) is 16.9 Å². The topological polar surface area (TPSA) is 105 Å². The van der Waals surface area contributed by atoms with Crippen LogP contribution in [0.4, 0.5) is 17.1 Å². The van der Waals surface area contributed by atoms with Gasteiger partial charge in [-0.25, -0.2) is 9.69 Å². The Bertz CT molecular complexity index is 1320. The van der Waals surface area contributed by atoms with Gasteiger partial charge in [-0.1, -0.05) is 35.9 Å². The highest BCUT2D eigenvalue weighted by atomic mass is 35.5. The van der Waals surface area contributed by atoms with Crippen LogP contribution in [-0.2, 0) is 14.3 Å². The van der Waals surface area contributed by atoms with E-state index in [1.165, 1.54) is 31.4 Å². The second kappa shape index (κ2) is 9.60. The van der Waals surface area contributed by atoms with Crippen LogP contribution in [0, 0.1) is 0 Å². The van der Waals surface area contributed by atoms with E-state index in [0.717, 1.165) is 4.90 Å². The molecule has 1 aliphatic heterocycles. The van der Waals surface area contributed by atoms with E-state index in [-0.39, 0.29) is 27.9 Å². The number of methoxy groups -OCH3 is 1. The first-order valence-corrected chi connectivity index (χ1v) is 10.5. The van der Waals surface area contributed by atoms with Gasteiger partial charge in [0.15, 0.2) is 0 Å². The molecule has 170 valence electrons. The number of rotatable bonds is 6. The Hall–Kier alpha value is -4.43. The molecule has 4 rings (SSSR count). The first kappa shape index (κ1) is 22.8. The van der Waals surface area contributed by atoms with Crippen LogP contribution in [-0.4, -0.2) is 30.8 Å². The van der Waals surface area contributed by atoms with Crippen molar-refractivity contribution in [3.8, 4) is 0 Å². The number of ether oxygens (including phenoxy) is 1. The van der Waals surface area contributed by atoms with Crippen molar-refractivity contribution in [3.05, 3.63) is 101 Å². The lowest BCUT2D eigenvalue weighted by Crippen LogP contribution is -2.32. The maximum atomic E-state index is 13.0. The van der Waals surface area contributed by atoms with Gasteiger partial charge in [0.05, 0.1) is 18.4 Å². The fourth-order valence-electron chi connectivity index (χ4n) is 3.31. The number of para-hydroxylation sites is 1. The summed E-state index contributed by atoms with van der Waals surface area (Å²) in [4.78, 5) is 50.8. The number of nitrogens with one attached hydrogen (secondary N) is 2. The number of imide groups is 1. The summed E-state index contributed by atoms with van der Waals surface area (Å²) >= 11 is 6.17. The van der Waals surface area contributed by atoms with E-state index in [9.17, 15) is 19.2 Å². The van der Waals surface area contributed by atoms with Gasteiger partial charge in [-0.05, 0) is 54.6 Å². The molecule has 0 saturated heterocycles. The predicted octanol–water partition coefficient (Wildman–Crippen LogP) is 4.16. The van der Waals surface area contributed by atoms with E-state index in [0.29, 0.717) is 16.9 Å². The lowest BCUT2D eigenvalue weighted by molar-refractivity contribution is -0.120. The van der Waals surface area contributed by atoms with Gasteiger partial charge in [0.1, 0.15) is 10.7 Å². The average Bonchev–Trinajstić information content (AvgIpc) is 3.07. The quantitative estimate of drug-likeness (QED) is 0.409. The molecule has 0 spiro atoms. The molecule has 0 radical (unpaired) electrons. The summed E-state index contributed by atoms with van der Waals surface area (Å²) in [5.41, 5.74) is 1.78. The summed E-state index contributed by atoms with van der Waals surface area (Å²) in [7, 11) is 1.23. The average molecular weight is 476 g/mol. The molecule has 0 aliphatic carbocycles. The summed E-state index contributed by atoms with van der Waals surface area (Å²) in [5, 5.41) is 5.34. The molecule has 0 fully saturated rings. The van der Waals surface area contributed by atoms with Crippen molar-refractivity contribution >= 4 is 52.4 Å². The van der Waals surface area contributed by atoms with Crippen LogP contribution in [0.3, 0.4) is 0 Å². The molecule has 0 bridgehead atoms. The highest BCUT2D eigenvalue weighted by Crippen LogP contribution is 2.30. The van der Waals surface area contributed by atoms with Crippen molar-refractivity contribution in [2.75, 3.05) is 22.6 Å². The molecule has 3 aromatic rings. The van der Waals surface area contributed by atoms with E-state index < -0.39 is 17.8 Å². The Morgan fingerprint density at radius 2 is 1.53 bits per heavy atom. The SMILES string of the molecule is COC(=O)c1cccc(N2C(=O)C(Cl)=C(Nc3ccc(C(=O)Nc4ccccc4)cc3)C2=O)c1. The number of halogens is 1. The van der Waals surface area contributed by atoms with Crippen LogP contribution >= 0.6 is 11.6 Å². The van der Waals surface area contributed by atoms with Crippen molar-refractivity contribution in [2.24, 2.45) is 0 Å². The molecule has 1 heterocycles. The highest BCUT2D eigenvalue weighted by molar-refractivity contribution is 6.53. The van der Waals surface area contributed by atoms with Crippen LogP contribution in [0.2, 0.25) is 0 Å². The summed E-state index contributed by atoms with van der Waals surface area (Å²) in [5.74, 6) is -2.30. The summed E-state index contributed by atoms with van der Waals surface area (Å²) in [6.45, 7) is 0. The molecule has 9 heteroatoms. The minimum Gasteiger partial charge on any atom is -0.465 e. The molecule has 3 amide bonds. The third-order valence-corrected chi connectivity index (χ3v) is 5.35. The van der Waals surface area contributed by atoms with E-state index in [1.54, 1.807) is 36.4 Å². The molecular weight excluding hydrogens is 458 g/mol. The Kier molecular flexibility index (Phi) is 6.42. The van der Waals surface area contributed by atoms with Crippen LogP contribution in [0.5, 0.6) is 0 Å². The number of amides is 3. The minimum atomic E-state index is -0.727. The van der Waals surface area contributed by atoms with E-state index >= 15 is 0 Å². The number of benzene rings is 3. The van der Waals surface area contributed by atoms with Gasteiger partial charge in [-0.15, -0.1) is 0 Å². The summed E-state index contributed by atoms with van der Waals surface area (Å²) in [6.07, 6.45) is 0. The largest absolute Gasteiger partial charge is 0.465 e. The van der Waals surface area contributed by atoms with Crippen LogP contribution in [0.15, 0.2) is 89.6 Å². The fraction of sp³-hybridized carbons (Fsp3) is 0.0400. The summed E-state index contributed by atoms with van der Waals surface area (Å²) in [6, 6.07) is 21.3. The molecule has 34 heavy (non-hydrogen) atoms. The van der Waals surface area contributed by atoms with Gasteiger partial charge in [-0.2, -0.15) is 0 Å². The number of esters is 1. The van der Waals surface area contributed by atoms with Crippen molar-refractivity contribution in [1.29, 1.82) is 0 Å². The molecule has 3 aromatic carbocycles. The molecule has 0 saturated carbocycles. The van der Waals surface area contributed by atoms with Gasteiger partial charge < -0.3 is 15.4 Å². The lowest BCUT2D eigenvalue weighted by atomic mass is 10.2. The van der Waals surface area contributed by atoms with Crippen molar-refractivity contribution in [1.82, 2.24) is 0 Å². The van der Waals surface area contributed by atoms with Crippen molar-refractivity contribution < 1.29 is 23.9 Å². The van der Waals surface area contributed by atoms with Gasteiger partial charge in [0.2, 0.25) is 0 Å². The maximum absolute atomic E-state index is 13.0. The zero-order valence-electron chi connectivity index (χ0n) is 17.9. The highest BCUT2D eigenvalue weighted by Gasteiger charge is 2.39. The maximum Gasteiger partial charge on any atom is 0.337 e. The van der Waals surface area contributed by atoms with Crippen molar-refractivity contribution in [2.45, 2.75) is 0 Å². The third kappa shape index (κ3) is 4.53. The number of anilines is 3. The second-order valence-corrected chi connectivity index (χ2v) is 7.58. The smallest absolute Gasteiger partial charge is 0.337 e. The second-order valence-electron chi connectivity index (χ2n) is 7.20. The van der Waals surface area contributed by atoms with E-state index in [1.807, 2.05) is 18.2 Å². The van der Waals surface area contributed by atoms with E-state index in [4.69, 9.17) is 11.6 Å². The van der Waals surface area contributed by atoms with Crippen LogP contribution in [0.25, 0.3) is 0 Å². The number of hydrogen-bond acceptors (Lipinski definition) is 6. The molecule has 0 unspecified atom stereocenters. The van der Waals surface area contributed by atoms with Crippen molar-refractivity contribution in [3.63, 3.8) is 0 Å². The third-order valence-electron chi connectivity index (χ3n) is 5.00. The predicted molar refractivity (Wildman–Crippen MR) is 128 cm³/mol.